The van der Waals surface area contributed by atoms with Crippen molar-refractivity contribution in [2.24, 2.45) is 0 Å². The van der Waals surface area contributed by atoms with E-state index in [1.54, 1.807) is 0 Å². The van der Waals surface area contributed by atoms with Gasteiger partial charge in [-0.25, -0.2) is 9.97 Å². The standard InChI is InChI=1S/C14H16N4/c1-9-2-4-10(5-3-9)14-17-12-8-16-7-6-11(12)13(15)18-14/h2-5,16H,6-8H2,1H3,(H2,15,17,18). The summed E-state index contributed by atoms with van der Waals surface area (Å²) in [6.45, 7) is 3.79. The first-order valence-electron chi connectivity index (χ1n) is 6.17. The Morgan fingerprint density at radius 1 is 1.17 bits per heavy atom. The van der Waals surface area contributed by atoms with Crippen LogP contribution in [0, 0.1) is 6.92 Å². The van der Waals surface area contributed by atoms with Crippen LogP contribution >= 0.6 is 0 Å². The van der Waals surface area contributed by atoms with Crippen LogP contribution in [0.4, 0.5) is 5.82 Å². The highest BCUT2D eigenvalue weighted by atomic mass is 15.0. The van der Waals surface area contributed by atoms with Crippen LogP contribution in [0.3, 0.4) is 0 Å². The maximum absolute atomic E-state index is 6.03. The van der Waals surface area contributed by atoms with Crippen molar-refractivity contribution in [2.45, 2.75) is 19.9 Å². The fourth-order valence-electron chi connectivity index (χ4n) is 2.22. The summed E-state index contributed by atoms with van der Waals surface area (Å²) in [5.41, 5.74) is 10.4. The van der Waals surface area contributed by atoms with E-state index in [1.165, 1.54) is 5.56 Å². The highest BCUT2D eigenvalue weighted by molar-refractivity contribution is 5.59. The van der Waals surface area contributed by atoms with Crippen molar-refractivity contribution in [2.75, 3.05) is 12.3 Å². The van der Waals surface area contributed by atoms with Crippen LogP contribution < -0.4 is 11.1 Å². The molecule has 1 aromatic carbocycles. The SMILES string of the molecule is Cc1ccc(-c2nc(N)c3c(n2)CNCC3)cc1. The zero-order valence-electron chi connectivity index (χ0n) is 10.4. The van der Waals surface area contributed by atoms with Gasteiger partial charge in [-0.1, -0.05) is 29.8 Å². The Balaban J connectivity index is 2.08. The minimum Gasteiger partial charge on any atom is -0.383 e. The zero-order chi connectivity index (χ0) is 12.5. The third-order valence-electron chi connectivity index (χ3n) is 3.28. The highest BCUT2D eigenvalue weighted by Gasteiger charge is 2.16. The number of rotatable bonds is 1. The Morgan fingerprint density at radius 2 is 1.94 bits per heavy atom. The lowest BCUT2D eigenvalue weighted by molar-refractivity contribution is 0.626. The molecular weight excluding hydrogens is 224 g/mol. The molecule has 0 saturated carbocycles. The molecule has 2 heterocycles. The molecule has 1 aromatic heterocycles. The van der Waals surface area contributed by atoms with E-state index in [9.17, 15) is 0 Å². The van der Waals surface area contributed by atoms with Crippen LogP contribution in [-0.4, -0.2) is 16.5 Å². The first-order valence-corrected chi connectivity index (χ1v) is 6.17. The summed E-state index contributed by atoms with van der Waals surface area (Å²) in [5, 5.41) is 3.31. The fourth-order valence-corrected chi connectivity index (χ4v) is 2.22. The van der Waals surface area contributed by atoms with Crippen LogP contribution in [0.1, 0.15) is 16.8 Å². The normalized spacial score (nSPS) is 14.3. The predicted octanol–water partition coefficient (Wildman–Crippen LogP) is 1.68. The number of fused-ring (bicyclic) bond motifs is 1. The molecule has 0 bridgehead atoms. The van der Waals surface area contributed by atoms with Crippen LogP contribution in [0.2, 0.25) is 0 Å². The third kappa shape index (κ3) is 1.95. The molecule has 0 aliphatic carbocycles. The van der Waals surface area contributed by atoms with E-state index in [2.05, 4.69) is 34.3 Å². The highest BCUT2D eigenvalue weighted by Crippen LogP contribution is 2.23. The Labute approximate surface area is 106 Å². The molecule has 0 radical (unpaired) electrons. The molecule has 0 spiro atoms. The molecule has 92 valence electrons. The lowest BCUT2D eigenvalue weighted by Gasteiger charge is -2.18. The van der Waals surface area contributed by atoms with E-state index >= 15 is 0 Å². The molecule has 0 unspecified atom stereocenters. The van der Waals surface area contributed by atoms with E-state index in [0.717, 1.165) is 42.2 Å². The molecule has 1 aliphatic rings. The van der Waals surface area contributed by atoms with Crippen molar-refractivity contribution >= 4 is 5.82 Å². The zero-order valence-corrected chi connectivity index (χ0v) is 10.4. The maximum Gasteiger partial charge on any atom is 0.161 e. The summed E-state index contributed by atoms with van der Waals surface area (Å²) in [4.78, 5) is 9.05. The summed E-state index contributed by atoms with van der Waals surface area (Å²) in [5.74, 6) is 1.34. The monoisotopic (exact) mass is 240 g/mol. The summed E-state index contributed by atoms with van der Waals surface area (Å²) in [7, 11) is 0. The van der Waals surface area contributed by atoms with Crippen molar-refractivity contribution in [1.29, 1.82) is 0 Å². The van der Waals surface area contributed by atoms with Gasteiger partial charge in [0.25, 0.3) is 0 Å². The van der Waals surface area contributed by atoms with Gasteiger partial charge < -0.3 is 11.1 Å². The first-order chi connectivity index (χ1) is 8.74. The predicted molar refractivity (Wildman–Crippen MR) is 72.0 cm³/mol. The Bertz CT molecular complexity index is 575. The smallest absolute Gasteiger partial charge is 0.161 e. The van der Waals surface area contributed by atoms with Gasteiger partial charge in [0.15, 0.2) is 5.82 Å². The van der Waals surface area contributed by atoms with Gasteiger partial charge in [-0.3, -0.25) is 0 Å². The average Bonchev–Trinajstić information content (AvgIpc) is 2.39. The van der Waals surface area contributed by atoms with E-state index < -0.39 is 0 Å². The third-order valence-corrected chi connectivity index (χ3v) is 3.28. The van der Waals surface area contributed by atoms with Crippen LogP contribution in [0.15, 0.2) is 24.3 Å². The van der Waals surface area contributed by atoms with Crippen LogP contribution in [0.25, 0.3) is 11.4 Å². The van der Waals surface area contributed by atoms with Crippen molar-refractivity contribution in [3.05, 3.63) is 41.1 Å². The fraction of sp³-hybridized carbons (Fsp3) is 0.286. The van der Waals surface area contributed by atoms with Gasteiger partial charge in [-0.05, 0) is 19.9 Å². The van der Waals surface area contributed by atoms with Gasteiger partial charge in [0, 0.05) is 17.7 Å². The van der Waals surface area contributed by atoms with E-state index in [4.69, 9.17) is 5.73 Å². The second-order valence-corrected chi connectivity index (χ2v) is 4.65. The molecule has 4 heteroatoms. The molecule has 18 heavy (non-hydrogen) atoms. The number of nitrogens with two attached hydrogens (primary N) is 1. The minimum absolute atomic E-state index is 0.622. The molecule has 1 aliphatic heterocycles. The lowest BCUT2D eigenvalue weighted by Crippen LogP contribution is -2.26. The van der Waals surface area contributed by atoms with E-state index in [1.807, 2.05) is 12.1 Å². The Hall–Kier alpha value is -1.94. The van der Waals surface area contributed by atoms with E-state index in [-0.39, 0.29) is 0 Å². The van der Waals surface area contributed by atoms with Crippen LogP contribution in [0.5, 0.6) is 0 Å². The number of aryl methyl sites for hydroxylation is 1. The van der Waals surface area contributed by atoms with Gasteiger partial charge in [0.2, 0.25) is 0 Å². The number of benzene rings is 1. The number of hydrogen-bond donors (Lipinski definition) is 2. The molecule has 3 N–H and O–H groups in total. The number of hydrogen-bond acceptors (Lipinski definition) is 4. The molecule has 4 nitrogen and oxygen atoms in total. The summed E-state index contributed by atoms with van der Waals surface area (Å²) in [6, 6.07) is 8.19. The van der Waals surface area contributed by atoms with Crippen LogP contribution in [-0.2, 0) is 13.0 Å². The van der Waals surface area contributed by atoms with Crippen molar-refractivity contribution in [3.8, 4) is 11.4 Å². The number of nitrogen functional groups attached to an aromatic ring is 1. The quantitative estimate of drug-likeness (QED) is 0.796. The summed E-state index contributed by atoms with van der Waals surface area (Å²) in [6.07, 6.45) is 0.912. The number of nitrogens with zero attached hydrogens (tertiary/aromatic N) is 2. The summed E-state index contributed by atoms with van der Waals surface area (Å²) >= 11 is 0. The molecule has 0 atom stereocenters. The van der Waals surface area contributed by atoms with Gasteiger partial charge in [0.05, 0.1) is 5.69 Å². The van der Waals surface area contributed by atoms with Gasteiger partial charge >= 0.3 is 0 Å². The molecule has 0 saturated heterocycles. The summed E-state index contributed by atoms with van der Waals surface area (Å²) < 4.78 is 0. The molecular formula is C14H16N4. The Kier molecular flexibility index (Phi) is 2.72. The van der Waals surface area contributed by atoms with Gasteiger partial charge in [-0.15, -0.1) is 0 Å². The second kappa shape index (κ2) is 4.38. The molecule has 3 rings (SSSR count). The lowest BCUT2D eigenvalue weighted by atomic mass is 10.1. The molecule has 0 fully saturated rings. The largest absolute Gasteiger partial charge is 0.383 e. The number of nitrogens with one attached hydrogen (secondary N) is 1. The molecule has 2 aromatic rings. The van der Waals surface area contributed by atoms with Crippen molar-refractivity contribution in [3.63, 3.8) is 0 Å². The Morgan fingerprint density at radius 3 is 2.72 bits per heavy atom. The van der Waals surface area contributed by atoms with Crippen molar-refractivity contribution in [1.82, 2.24) is 15.3 Å². The van der Waals surface area contributed by atoms with Gasteiger partial charge in [0.1, 0.15) is 5.82 Å². The minimum atomic E-state index is 0.622. The second-order valence-electron chi connectivity index (χ2n) is 4.65. The topological polar surface area (TPSA) is 63.8 Å². The average molecular weight is 240 g/mol. The number of aromatic nitrogens is 2. The van der Waals surface area contributed by atoms with E-state index in [0.29, 0.717) is 5.82 Å². The van der Waals surface area contributed by atoms with Crippen molar-refractivity contribution < 1.29 is 0 Å². The maximum atomic E-state index is 6.03. The van der Waals surface area contributed by atoms with Gasteiger partial charge in [-0.2, -0.15) is 0 Å². The molecule has 0 amide bonds. The number of anilines is 1. The first kappa shape index (κ1) is 11.2.